The van der Waals surface area contributed by atoms with Crippen molar-refractivity contribution in [2.75, 3.05) is 13.2 Å². The highest BCUT2D eigenvalue weighted by Crippen LogP contribution is 2.26. The van der Waals surface area contributed by atoms with Gasteiger partial charge in [0.25, 0.3) is 0 Å². The highest BCUT2D eigenvalue weighted by atomic mass is 16.7. The Balaban J connectivity index is 1.80. The van der Waals surface area contributed by atoms with E-state index in [1.165, 1.54) is 0 Å². The predicted molar refractivity (Wildman–Crippen MR) is 72.4 cm³/mol. The molecule has 3 nitrogen and oxygen atoms in total. The monoisotopic (exact) mass is 256 g/mol. The summed E-state index contributed by atoms with van der Waals surface area (Å²) in [6.45, 7) is 1.40. The van der Waals surface area contributed by atoms with Crippen molar-refractivity contribution in [1.82, 2.24) is 0 Å². The third-order valence-electron chi connectivity index (χ3n) is 3.27. The van der Waals surface area contributed by atoms with Crippen LogP contribution in [0.2, 0.25) is 0 Å². The maximum Gasteiger partial charge on any atom is 0.184 e. The van der Waals surface area contributed by atoms with Gasteiger partial charge in [-0.25, -0.2) is 0 Å². The molecule has 2 aromatic carbocycles. The van der Waals surface area contributed by atoms with Gasteiger partial charge in [-0.2, -0.15) is 0 Å². The van der Waals surface area contributed by atoms with Crippen LogP contribution in [-0.4, -0.2) is 18.3 Å². The molecule has 0 bridgehead atoms. The molecule has 0 radical (unpaired) electrons. The van der Waals surface area contributed by atoms with Gasteiger partial charge < -0.3 is 14.6 Å². The fraction of sp³-hybridized carbons (Fsp3) is 0.250. The first-order valence-electron chi connectivity index (χ1n) is 6.40. The zero-order chi connectivity index (χ0) is 13.1. The minimum Gasteiger partial charge on any atom is -0.392 e. The Bertz CT molecular complexity index is 525. The topological polar surface area (TPSA) is 38.7 Å². The normalized spacial score (nSPS) is 15.8. The number of aliphatic hydroxyl groups excluding tert-OH is 1. The summed E-state index contributed by atoms with van der Waals surface area (Å²) in [5.74, 6) is 0. The molecule has 0 amide bonds. The summed E-state index contributed by atoms with van der Waals surface area (Å²) in [6, 6.07) is 16.1. The second-order valence-corrected chi connectivity index (χ2v) is 4.55. The van der Waals surface area contributed by atoms with Crippen LogP contribution < -0.4 is 0 Å². The Morgan fingerprint density at radius 2 is 1.37 bits per heavy atom. The number of ether oxygens (including phenoxy) is 2. The molecule has 1 saturated heterocycles. The zero-order valence-corrected chi connectivity index (χ0v) is 10.6. The summed E-state index contributed by atoms with van der Waals surface area (Å²) in [4.78, 5) is 0. The number of hydrogen-bond donors (Lipinski definition) is 1. The van der Waals surface area contributed by atoms with E-state index in [0.29, 0.717) is 13.2 Å². The maximum absolute atomic E-state index is 9.03. The van der Waals surface area contributed by atoms with Gasteiger partial charge in [0, 0.05) is 5.56 Å². The van der Waals surface area contributed by atoms with Crippen LogP contribution in [-0.2, 0) is 16.1 Å². The number of aliphatic hydroxyl groups is 1. The average molecular weight is 256 g/mol. The lowest BCUT2D eigenvalue weighted by Gasteiger charge is -2.10. The van der Waals surface area contributed by atoms with Gasteiger partial charge in [0.2, 0.25) is 0 Å². The maximum atomic E-state index is 9.03. The van der Waals surface area contributed by atoms with E-state index in [0.717, 1.165) is 22.3 Å². The SMILES string of the molecule is OCc1ccc(-c2ccc(C3OCCO3)cc2)cc1. The molecule has 3 rings (SSSR count). The van der Waals surface area contributed by atoms with Crippen LogP contribution in [0.15, 0.2) is 48.5 Å². The Morgan fingerprint density at radius 1 is 0.842 bits per heavy atom. The second kappa shape index (κ2) is 5.53. The number of hydrogen-bond acceptors (Lipinski definition) is 3. The third-order valence-corrected chi connectivity index (χ3v) is 3.27. The van der Waals surface area contributed by atoms with E-state index in [4.69, 9.17) is 14.6 Å². The van der Waals surface area contributed by atoms with Crippen molar-refractivity contribution >= 4 is 0 Å². The lowest BCUT2D eigenvalue weighted by molar-refractivity contribution is -0.0441. The van der Waals surface area contributed by atoms with Crippen molar-refractivity contribution in [3.63, 3.8) is 0 Å². The van der Waals surface area contributed by atoms with Gasteiger partial charge in [0.05, 0.1) is 19.8 Å². The Morgan fingerprint density at radius 3 is 1.89 bits per heavy atom. The first kappa shape index (κ1) is 12.4. The molecule has 1 N–H and O–H groups in total. The molecule has 1 heterocycles. The summed E-state index contributed by atoms with van der Waals surface area (Å²) in [6.07, 6.45) is -0.217. The van der Waals surface area contributed by atoms with Gasteiger partial charge in [0.15, 0.2) is 6.29 Å². The van der Waals surface area contributed by atoms with Gasteiger partial charge in [0.1, 0.15) is 0 Å². The van der Waals surface area contributed by atoms with Gasteiger partial charge in [-0.05, 0) is 16.7 Å². The molecular weight excluding hydrogens is 240 g/mol. The molecule has 2 aromatic rings. The van der Waals surface area contributed by atoms with Crippen LogP contribution >= 0.6 is 0 Å². The molecule has 19 heavy (non-hydrogen) atoms. The predicted octanol–water partition coefficient (Wildman–Crippen LogP) is 2.89. The molecule has 1 aliphatic rings. The van der Waals surface area contributed by atoms with Crippen molar-refractivity contribution < 1.29 is 14.6 Å². The van der Waals surface area contributed by atoms with Crippen molar-refractivity contribution in [3.8, 4) is 11.1 Å². The third kappa shape index (κ3) is 2.68. The van der Waals surface area contributed by atoms with Gasteiger partial charge in [-0.1, -0.05) is 48.5 Å². The molecule has 98 valence electrons. The molecular formula is C16H16O3. The van der Waals surface area contributed by atoms with Crippen LogP contribution in [0.4, 0.5) is 0 Å². The van der Waals surface area contributed by atoms with E-state index >= 15 is 0 Å². The summed E-state index contributed by atoms with van der Waals surface area (Å²) < 4.78 is 10.9. The largest absolute Gasteiger partial charge is 0.392 e. The molecule has 3 heteroatoms. The number of rotatable bonds is 3. The van der Waals surface area contributed by atoms with Crippen molar-refractivity contribution in [2.45, 2.75) is 12.9 Å². The van der Waals surface area contributed by atoms with E-state index < -0.39 is 0 Å². The first-order chi connectivity index (χ1) is 9.36. The fourth-order valence-corrected chi connectivity index (χ4v) is 2.19. The lowest BCUT2D eigenvalue weighted by Crippen LogP contribution is -1.97. The Kier molecular flexibility index (Phi) is 3.60. The van der Waals surface area contributed by atoms with E-state index in [9.17, 15) is 0 Å². The molecule has 0 spiro atoms. The zero-order valence-electron chi connectivity index (χ0n) is 10.6. The summed E-state index contributed by atoms with van der Waals surface area (Å²) in [5, 5.41) is 9.03. The van der Waals surface area contributed by atoms with Gasteiger partial charge >= 0.3 is 0 Å². The van der Waals surface area contributed by atoms with E-state index in [1.807, 2.05) is 36.4 Å². The van der Waals surface area contributed by atoms with Crippen molar-refractivity contribution in [2.24, 2.45) is 0 Å². The van der Waals surface area contributed by atoms with E-state index in [1.54, 1.807) is 0 Å². The minimum atomic E-state index is -0.217. The van der Waals surface area contributed by atoms with Crippen LogP contribution in [0.25, 0.3) is 11.1 Å². The molecule has 0 aromatic heterocycles. The second-order valence-electron chi connectivity index (χ2n) is 4.55. The summed E-state index contributed by atoms with van der Waals surface area (Å²) >= 11 is 0. The number of benzene rings is 2. The van der Waals surface area contributed by atoms with Crippen molar-refractivity contribution in [1.29, 1.82) is 0 Å². The van der Waals surface area contributed by atoms with Crippen LogP contribution in [0.1, 0.15) is 17.4 Å². The lowest BCUT2D eigenvalue weighted by atomic mass is 10.0. The average Bonchev–Trinajstić information content (AvgIpc) is 3.02. The highest BCUT2D eigenvalue weighted by molar-refractivity contribution is 5.64. The first-order valence-corrected chi connectivity index (χ1v) is 6.40. The van der Waals surface area contributed by atoms with Crippen LogP contribution in [0.3, 0.4) is 0 Å². The molecule has 1 fully saturated rings. The van der Waals surface area contributed by atoms with Crippen molar-refractivity contribution in [3.05, 3.63) is 59.7 Å². The standard InChI is InChI=1S/C16H16O3/c17-11-12-1-3-13(4-2-12)14-5-7-15(8-6-14)16-18-9-10-19-16/h1-8,16-17H,9-11H2. The minimum absolute atomic E-state index is 0.0789. The fourth-order valence-electron chi connectivity index (χ4n) is 2.19. The van der Waals surface area contributed by atoms with Crippen LogP contribution in [0, 0.1) is 0 Å². The summed E-state index contributed by atoms with van der Waals surface area (Å²) in [5.41, 5.74) is 4.25. The quantitative estimate of drug-likeness (QED) is 0.917. The molecule has 0 atom stereocenters. The molecule has 1 aliphatic heterocycles. The van der Waals surface area contributed by atoms with E-state index in [2.05, 4.69) is 12.1 Å². The van der Waals surface area contributed by atoms with Gasteiger partial charge in [-0.15, -0.1) is 0 Å². The molecule has 0 saturated carbocycles. The van der Waals surface area contributed by atoms with E-state index in [-0.39, 0.29) is 12.9 Å². The summed E-state index contributed by atoms with van der Waals surface area (Å²) in [7, 11) is 0. The molecule has 0 aliphatic carbocycles. The smallest absolute Gasteiger partial charge is 0.184 e. The molecule has 0 unspecified atom stereocenters. The Labute approximate surface area is 112 Å². The highest BCUT2D eigenvalue weighted by Gasteiger charge is 2.17. The van der Waals surface area contributed by atoms with Crippen LogP contribution in [0.5, 0.6) is 0 Å². The Hall–Kier alpha value is -1.68. The van der Waals surface area contributed by atoms with Gasteiger partial charge in [-0.3, -0.25) is 0 Å².